The summed E-state index contributed by atoms with van der Waals surface area (Å²) in [6.45, 7) is 10.5. The first-order valence-corrected chi connectivity index (χ1v) is 13.3. The zero-order valence-electron chi connectivity index (χ0n) is 22.6. The van der Waals surface area contributed by atoms with E-state index in [1.54, 1.807) is 16.7 Å². The second-order valence-corrected chi connectivity index (χ2v) is 9.44. The van der Waals surface area contributed by atoms with Crippen LogP contribution in [-0.4, -0.2) is 45.6 Å². The van der Waals surface area contributed by atoms with E-state index < -0.39 is 17.5 Å². The molecule has 2 aliphatic heterocycles. The molecule has 6 rings (SSSR count). The summed E-state index contributed by atoms with van der Waals surface area (Å²) in [6.07, 6.45) is -0.355. The van der Waals surface area contributed by atoms with Crippen molar-refractivity contribution in [3.8, 4) is 11.4 Å². The van der Waals surface area contributed by atoms with Gasteiger partial charge in [0.15, 0.2) is 6.10 Å². The molecule has 3 aliphatic rings. The zero-order chi connectivity index (χ0) is 27.8. The highest BCUT2D eigenvalue weighted by atomic mass is 19.1. The molecule has 0 saturated heterocycles. The minimum absolute atomic E-state index is 0.0966. The first-order valence-electron chi connectivity index (χ1n) is 13.3. The Morgan fingerprint density at radius 1 is 1.18 bits per heavy atom. The molecule has 8 nitrogen and oxygen atoms in total. The van der Waals surface area contributed by atoms with Crippen LogP contribution in [0.2, 0.25) is 0 Å². The summed E-state index contributed by atoms with van der Waals surface area (Å²) >= 11 is 0. The number of nitrogens with zero attached hydrogens (tertiary/aromatic N) is 2. The number of cyclic esters (lactones) is 1. The van der Waals surface area contributed by atoms with Crippen molar-refractivity contribution in [3.05, 3.63) is 62.2 Å². The first kappa shape index (κ1) is 27.9. The van der Waals surface area contributed by atoms with Crippen molar-refractivity contribution in [3.63, 3.8) is 0 Å². The van der Waals surface area contributed by atoms with Gasteiger partial charge in [0.25, 0.3) is 5.56 Å². The summed E-state index contributed by atoms with van der Waals surface area (Å²) in [5.41, 5.74) is 3.72. The number of esters is 1. The van der Waals surface area contributed by atoms with Crippen LogP contribution in [0.15, 0.2) is 23.0 Å². The molecule has 38 heavy (non-hydrogen) atoms. The number of hydrogen-bond acceptors (Lipinski definition) is 7. The molecule has 0 bridgehead atoms. The molecular weight excluding hydrogens is 491 g/mol. The number of aryl methyl sites for hydroxylation is 1. The van der Waals surface area contributed by atoms with Crippen molar-refractivity contribution < 1.29 is 28.9 Å². The van der Waals surface area contributed by atoms with Gasteiger partial charge in [-0.1, -0.05) is 34.6 Å². The molecule has 0 saturated carbocycles. The molecule has 4 heterocycles. The molecule has 2 N–H and O–H groups in total. The van der Waals surface area contributed by atoms with Crippen molar-refractivity contribution >= 4 is 16.9 Å². The van der Waals surface area contributed by atoms with Crippen molar-refractivity contribution in [2.24, 2.45) is 0 Å². The predicted octanol–water partition coefficient (Wildman–Crippen LogP) is 3.92. The number of rotatable bonds is 4. The number of carbonyl (C=O) groups is 1. The fraction of sp³-hybridized carbons (Fsp3) is 0.483. The normalized spacial score (nSPS) is 20.3. The molecule has 2 atom stereocenters. The number of hydrogen-bond donors (Lipinski definition) is 2. The van der Waals surface area contributed by atoms with E-state index in [-0.39, 0.29) is 48.9 Å². The van der Waals surface area contributed by atoms with Crippen LogP contribution in [0.1, 0.15) is 75.0 Å². The summed E-state index contributed by atoms with van der Waals surface area (Å²) in [7, 11) is 0. The largest absolute Gasteiger partial charge is 0.458 e. The number of pyridine rings is 2. The SMILES string of the molecule is CC.CC.CC1(COCCO)CCc2c(F)ccc3nc4c(c1c23)Cn1c-4cc2c(c1=O)COC(=O)[C@H]2O. The Balaban J connectivity index is 0.000000804. The van der Waals surface area contributed by atoms with E-state index in [1.807, 2.05) is 27.7 Å². The molecule has 1 aromatic carbocycles. The maximum absolute atomic E-state index is 14.8. The van der Waals surface area contributed by atoms with Crippen molar-refractivity contribution in [2.45, 2.75) is 72.1 Å². The Morgan fingerprint density at radius 3 is 2.63 bits per heavy atom. The minimum Gasteiger partial charge on any atom is -0.458 e. The summed E-state index contributed by atoms with van der Waals surface area (Å²) in [6, 6.07) is 4.70. The topological polar surface area (TPSA) is 111 Å². The maximum atomic E-state index is 14.8. The molecule has 0 radical (unpaired) electrons. The predicted molar refractivity (Wildman–Crippen MR) is 142 cm³/mol. The minimum atomic E-state index is -1.52. The van der Waals surface area contributed by atoms with Crippen LogP contribution in [-0.2, 0) is 39.3 Å². The van der Waals surface area contributed by atoms with Gasteiger partial charge in [0, 0.05) is 21.9 Å². The average Bonchev–Trinajstić information content (AvgIpc) is 3.30. The van der Waals surface area contributed by atoms with Crippen LogP contribution >= 0.6 is 0 Å². The Morgan fingerprint density at radius 2 is 1.92 bits per heavy atom. The lowest BCUT2D eigenvalue weighted by atomic mass is 9.70. The lowest BCUT2D eigenvalue weighted by molar-refractivity contribution is -0.157. The van der Waals surface area contributed by atoms with E-state index in [1.165, 1.54) is 6.07 Å². The van der Waals surface area contributed by atoms with E-state index >= 15 is 0 Å². The highest BCUT2D eigenvalue weighted by molar-refractivity contribution is 5.93. The number of ether oxygens (including phenoxy) is 2. The van der Waals surface area contributed by atoms with Gasteiger partial charge in [0.2, 0.25) is 0 Å². The van der Waals surface area contributed by atoms with Crippen molar-refractivity contribution in [2.75, 3.05) is 19.8 Å². The summed E-state index contributed by atoms with van der Waals surface area (Å²) in [4.78, 5) is 30.1. The van der Waals surface area contributed by atoms with Crippen molar-refractivity contribution in [1.82, 2.24) is 9.55 Å². The molecule has 204 valence electrons. The molecule has 1 aliphatic carbocycles. The number of carbonyl (C=O) groups excluding carboxylic acids is 1. The smallest absolute Gasteiger partial charge is 0.340 e. The van der Waals surface area contributed by atoms with Gasteiger partial charge in [-0.3, -0.25) is 4.79 Å². The Bertz CT molecular complexity index is 1450. The van der Waals surface area contributed by atoms with E-state index in [0.29, 0.717) is 41.9 Å². The monoisotopic (exact) mass is 526 g/mol. The van der Waals surface area contributed by atoms with Gasteiger partial charge in [-0.2, -0.15) is 0 Å². The summed E-state index contributed by atoms with van der Waals surface area (Å²) in [5, 5.41) is 20.3. The average molecular weight is 527 g/mol. The summed E-state index contributed by atoms with van der Waals surface area (Å²) < 4.78 is 27.1. The second-order valence-electron chi connectivity index (χ2n) is 9.44. The number of aliphatic hydroxyl groups is 2. The third-order valence-corrected chi connectivity index (χ3v) is 7.36. The number of aliphatic hydroxyl groups excluding tert-OH is 2. The van der Waals surface area contributed by atoms with Crippen LogP contribution in [0.4, 0.5) is 4.39 Å². The number of fused-ring (bicyclic) bond motifs is 5. The number of halogens is 1. The molecule has 3 aromatic rings. The zero-order valence-corrected chi connectivity index (χ0v) is 22.6. The molecule has 1 unspecified atom stereocenters. The first-order chi connectivity index (χ1) is 18.3. The van der Waals surface area contributed by atoms with E-state index in [0.717, 1.165) is 16.5 Å². The van der Waals surface area contributed by atoms with Crippen molar-refractivity contribution in [1.29, 1.82) is 0 Å². The maximum Gasteiger partial charge on any atom is 0.340 e. The van der Waals surface area contributed by atoms with Crippen LogP contribution in [0.5, 0.6) is 0 Å². The Kier molecular flexibility index (Phi) is 8.01. The lowest BCUT2D eigenvalue weighted by Crippen LogP contribution is -2.35. The van der Waals surface area contributed by atoms with E-state index in [2.05, 4.69) is 6.92 Å². The van der Waals surface area contributed by atoms with Crippen LogP contribution < -0.4 is 5.56 Å². The standard InChI is InChI=1S/C25H23FN2O6.2C2H6/c1-25(11-33-7-6-29)5-4-12-16(26)2-3-17-19(12)20(25)14-9-28-18(21(14)27-17)8-13-15(23(28)31)10-34-24(32)22(13)30;2*1-2/h2-3,8,22,29-30H,4-7,9-11H2,1H3;2*1-2H3/t22-,25?;;/m0../s1. The third-order valence-electron chi connectivity index (χ3n) is 7.36. The fourth-order valence-electron chi connectivity index (χ4n) is 5.71. The van der Waals surface area contributed by atoms with Crippen LogP contribution in [0.3, 0.4) is 0 Å². The molecule has 0 spiro atoms. The molecular formula is C29H35FN2O6. The highest BCUT2D eigenvalue weighted by Gasteiger charge is 2.41. The van der Waals surface area contributed by atoms with Gasteiger partial charge in [-0.05, 0) is 42.2 Å². The fourth-order valence-corrected chi connectivity index (χ4v) is 5.71. The van der Waals surface area contributed by atoms with Gasteiger partial charge >= 0.3 is 5.97 Å². The second kappa shape index (κ2) is 10.9. The molecule has 9 heteroatoms. The third kappa shape index (κ3) is 4.22. The number of benzene rings is 1. The van der Waals surface area contributed by atoms with Crippen LogP contribution in [0.25, 0.3) is 22.3 Å². The molecule has 0 amide bonds. The lowest BCUT2D eigenvalue weighted by Gasteiger charge is -2.37. The van der Waals surface area contributed by atoms with Gasteiger partial charge < -0.3 is 24.3 Å². The number of aromatic nitrogens is 2. The van der Waals surface area contributed by atoms with Gasteiger partial charge in [-0.25, -0.2) is 14.2 Å². The van der Waals surface area contributed by atoms with Crippen LogP contribution in [0, 0.1) is 5.82 Å². The molecule has 0 fully saturated rings. The van der Waals surface area contributed by atoms with Gasteiger partial charge in [0.05, 0.1) is 48.8 Å². The Labute approximate surface area is 221 Å². The van der Waals surface area contributed by atoms with Gasteiger partial charge in [0.1, 0.15) is 12.4 Å². The van der Waals surface area contributed by atoms with E-state index in [4.69, 9.17) is 14.5 Å². The quantitative estimate of drug-likeness (QED) is 0.306. The van der Waals surface area contributed by atoms with E-state index in [9.17, 15) is 24.2 Å². The Hall–Kier alpha value is -3.14. The highest BCUT2D eigenvalue weighted by Crippen LogP contribution is 2.48. The van der Waals surface area contributed by atoms with Gasteiger partial charge in [-0.15, -0.1) is 0 Å². The summed E-state index contributed by atoms with van der Waals surface area (Å²) in [5.74, 6) is -1.07. The molecule has 2 aromatic heterocycles.